The summed E-state index contributed by atoms with van der Waals surface area (Å²) < 4.78 is 6.66. The molecule has 0 aromatic rings. The first kappa shape index (κ1) is 5.56. The average molecular weight is 116 g/mol. The zero-order valence-corrected chi connectivity index (χ0v) is 4.87. The van der Waals surface area contributed by atoms with E-state index in [2.05, 4.69) is 0 Å². The fourth-order valence-corrected chi connectivity index (χ4v) is 0.688. The summed E-state index contributed by atoms with van der Waals surface area (Å²) in [4.78, 5) is 0. The van der Waals surface area contributed by atoms with Crippen LogP contribution in [0.1, 0.15) is 13.3 Å². The van der Waals surface area contributed by atoms with Crippen molar-refractivity contribution in [1.82, 2.24) is 0 Å². The first-order valence-electron chi connectivity index (χ1n) is 2.74. The van der Waals surface area contributed by atoms with Gasteiger partial charge in [-0.05, 0) is 0 Å². The molecular formula is C5H10NO2+. The zero-order chi connectivity index (χ0) is 5.98. The molecular weight excluding hydrogens is 106 g/mol. The molecule has 0 amide bonds. The number of aliphatic hydroxyl groups excluding tert-OH is 1. The largest absolute Gasteiger partial charge is 0.387 e. The summed E-state index contributed by atoms with van der Waals surface area (Å²) in [6, 6.07) is 0. The summed E-state index contributed by atoms with van der Waals surface area (Å²) in [5.74, 6) is 0. The van der Waals surface area contributed by atoms with Crippen molar-refractivity contribution in [3.05, 3.63) is 0 Å². The van der Waals surface area contributed by atoms with Crippen LogP contribution in [0.15, 0.2) is 0 Å². The topological polar surface area (TPSA) is 32.5 Å². The molecule has 0 aromatic carbocycles. The Morgan fingerprint density at radius 3 is 2.75 bits per heavy atom. The minimum absolute atomic E-state index is 0.0680. The van der Waals surface area contributed by atoms with E-state index in [1.165, 1.54) is 6.40 Å². The van der Waals surface area contributed by atoms with E-state index in [4.69, 9.17) is 9.84 Å². The lowest BCUT2D eigenvalue weighted by atomic mass is 10.4. The normalized spacial score (nSPS) is 25.8. The van der Waals surface area contributed by atoms with Gasteiger partial charge in [0.15, 0.2) is 0 Å². The molecule has 0 spiro atoms. The van der Waals surface area contributed by atoms with E-state index in [-0.39, 0.29) is 13.0 Å². The van der Waals surface area contributed by atoms with Gasteiger partial charge in [0, 0.05) is 6.42 Å². The lowest BCUT2D eigenvalue weighted by molar-refractivity contribution is -0.677. The van der Waals surface area contributed by atoms with Crippen LogP contribution in [0.5, 0.6) is 0 Å². The molecule has 8 heavy (non-hydrogen) atoms. The number of aliphatic hydroxyl groups is 1. The van der Waals surface area contributed by atoms with Gasteiger partial charge in [0.2, 0.25) is 0 Å². The number of hydrogen-bond acceptors (Lipinski definition) is 2. The summed E-state index contributed by atoms with van der Waals surface area (Å²) in [7, 11) is 0. The van der Waals surface area contributed by atoms with Crippen LogP contribution in [0.2, 0.25) is 0 Å². The highest BCUT2D eigenvalue weighted by atomic mass is 16.5. The van der Waals surface area contributed by atoms with Crippen molar-refractivity contribution < 1.29 is 14.4 Å². The van der Waals surface area contributed by atoms with Crippen molar-refractivity contribution in [1.29, 1.82) is 0 Å². The zero-order valence-electron chi connectivity index (χ0n) is 4.87. The van der Waals surface area contributed by atoms with Crippen LogP contribution >= 0.6 is 0 Å². The summed E-state index contributed by atoms with van der Waals surface area (Å²) >= 11 is 0. The molecule has 0 saturated carbocycles. The first-order valence-corrected chi connectivity index (χ1v) is 2.74. The van der Waals surface area contributed by atoms with Crippen molar-refractivity contribution >= 4 is 6.40 Å². The van der Waals surface area contributed by atoms with Crippen LogP contribution in [0.4, 0.5) is 0 Å². The van der Waals surface area contributed by atoms with Crippen molar-refractivity contribution in [2.24, 2.45) is 0 Å². The first-order chi connectivity index (χ1) is 3.88. The second kappa shape index (κ2) is 2.13. The SMILES string of the molecule is CCC1OC=[N+]1CO. The van der Waals surface area contributed by atoms with Crippen LogP contribution in [0.25, 0.3) is 0 Å². The molecule has 0 bridgehead atoms. The quantitative estimate of drug-likeness (QED) is 0.504. The third kappa shape index (κ3) is 0.690. The van der Waals surface area contributed by atoms with Gasteiger partial charge in [0.05, 0.1) is 0 Å². The standard InChI is InChI=1S/C5H10NO2/c1-2-5-6(3-7)4-8-5/h4-5,7H,2-3H2,1H3/q+1. The minimum atomic E-state index is 0.0680. The maximum atomic E-state index is 8.50. The van der Waals surface area contributed by atoms with Gasteiger partial charge in [-0.2, -0.15) is 0 Å². The Bertz CT molecular complexity index is 111. The molecule has 0 aromatic heterocycles. The molecule has 3 heteroatoms. The Kier molecular flexibility index (Phi) is 1.48. The molecule has 1 atom stereocenters. The fraction of sp³-hybridized carbons (Fsp3) is 0.800. The summed E-state index contributed by atoms with van der Waals surface area (Å²) in [6.07, 6.45) is 2.59. The van der Waals surface area contributed by atoms with Gasteiger partial charge in [0.25, 0.3) is 6.73 Å². The Morgan fingerprint density at radius 2 is 2.62 bits per heavy atom. The van der Waals surface area contributed by atoms with Gasteiger partial charge in [-0.3, -0.25) is 0 Å². The number of nitrogens with zero attached hydrogens (tertiary/aromatic N) is 1. The van der Waals surface area contributed by atoms with E-state index >= 15 is 0 Å². The highest BCUT2D eigenvalue weighted by Gasteiger charge is 2.27. The minimum Gasteiger partial charge on any atom is -0.387 e. The van der Waals surface area contributed by atoms with Crippen LogP contribution < -0.4 is 0 Å². The molecule has 1 rings (SSSR count). The molecule has 46 valence electrons. The van der Waals surface area contributed by atoms with E-state index in [1.54, 1.807) is 4.58 Å². The number of ether oxygens (including phenoxy) is 1. The molecule has 0 aliphatic carbocycles. The van der Waals surface area contributed by atoms with E-state index in [1.807, 2.05) is 6.92 Å². The van der Waals surface area contributed by atoms with Crippen molar-refractivity contribution in [3.8, 4) is 0 Å². The monoisotopic (exact) mass is 116 g/mol. The van der Waals surface area contributed by atoms with E-state index in [0.29, 0.717) is 0 Å². The van der Waals surface area contributed by atoms with E-state index in [0.717, 1.165) is 6.42 Å². The molecule has 0 saturated heterocycles. The van der Waals surface area contributed by atoms with Gasteiger partial charge >= 0.3 is 12.6 Å². The van der Waals surface area contributed by atoms with Crippen molar-refractivity contribution in [2.75, 3.05) is 6.73 Å². The second-order valence-corrected chi connectivity index (χ2v) is 1.76. The predicted molar refractivity (Wildman–Crippen MR) is 28.6 cm³/mol. The van der Waals surface area contributed by atoms with Gasteiger partial charge < -0.3 is 9.84 Å². The Labute approximate surface area is 48.2 Å². The highest BCUT2D eigenvalue weighted by molar-refractivity contribution is 5.42. The van der Waals surface area contributed by atoms with Gasteiger partial charge in [-0.25, -0.2) is 0 Å². The van der Waals surface area contributed by atoms with Gasteiger partial charge in [-0.1, -0.05) is 6.92 Å². The number of rotatable bonds is 2. The second-order valence-electron chi connectivity index (χ2n) is 1.76. The molecule has 1 N–H and O–H groups in total. The van der Waals surface area contributed by atoms with Crippen LogP contribution in [-0.2, 0) is 4.74 Å². The van der Waals surface area contributed by atoms with Crippen molar-refractivity contribution in [2.45, 2.75) is 19.6 Å². The summed E-state index contributed by atoms with van der Waals surface area (Å²) in [6.45, 7) is 2.08. The molecule has 3 nitrogen and oxygen atoms in total. The van der Waals surface area contributed by atoms with Crippen molar-refractivity contribution in [3.63, 3.8) is 0 Å². The lowest BCUT2D eigenvalue weighted by Crippen LogP contribution is -2.39. The molecule has 1 aliphatic rings. The molecule has 1 heterocycles. The van der Waals surface area contributed by atoms with E-state index in [9.17, 15) is 0 Å². The predicted octanol–water partition coefficient (Wildman–Crippen LogP) is -0.257. The van der Waals surface area contributed by atoms with Crippen LogP contribution in [-0.4, -0.2) is 29.0 Å². The third-order valence-electron chi connectivity index (χ3n) is 1.24. The van der Waals surface area contributed by atoms with E-state index < -0.39 is 0 Å². The Balaban J connectivity index is 2.35. The molecule has 0 fully saturated rings. The van der Waals surface area contributed by atoms with Crippen LogP contribution in [0, 0.1) is 0 Å². The van der Waals surface area contributed by atoms with Crippen LogP contribution in [0.3, 0.4) is 0 Å². The fourth-order valence-electron chi connectivity index (χ4n) is 0.688. The van der Waals surface area contributed by atoms with Gasteiger partial charge in [-0.15, -0.1) is 4.58 Å². The van der Waals surface area contributed by atoms with Gasteiger partial charge in [0.1, 0.15) is 0 Å². The maximum absolute atomic E-state index is 8.50. The molecule has 0 radical (unpaired) electrons. The average Bonchev–Trinajstić information content (AvgIpc) is 1.66. The Morgan fingerprint density at radius 1 is 1.88 bits per heavy atom. The summed E-state index contributed by atoms with van der Waals surface area (Å²) in [5.41, 5.74) is 0. The Hall–Kier alpha value is -0.570. The third-order valence-corrected chi connectivity index (χ3v) is 1.24. The molecule has 1 unspecified atom stereocenters. The molecule has 1 aliphatic heterocycles. The smallest absolute Gasteiger partial charge is 0.334 e. The highest BCUT2D eigenvalue weighted by Crippen LogP contribution is 2.04. The number of hydrogen-bond donors (Lipinski definition) is 1. The lowest BCUT2D eigenvalue weighted by Gasteiger charge is -2.17. The summed E-state index contributed by atoms with van der Waals surface area (Å²) in [5, 5.41) is 8.50. The maximum Gasteiger partial charge on any atom is 0.334 e.